The van der Waals surface area contributed by atoms with Gasteiger partial charge in [0.1, 0.15) is 17.9 Å². The quantitative estimate of drug-likeness (QED) is 0.529. The maximum atomic E-state index is 13.6. The van der Waals surface area contributed by atoms with Gasteiger partial charge in [-0.3, -0.25) is 9.59 Å². The second kappa shape index (κ2) is 10.6. The van der Waals surface area contributed by atoms with Crippen molar-refractivity contribution < 1.29 is 24.2 Å². The fraction of sp³-hybridized carbons (Fsp3) is 0.583. The summed E-state index contributed by atoms with van der Waals surface area (Å²) in [6.45, 7) is 5.81. The number of hydrogen-bond acceptors (Lipinski definition) is 6. The average Bonchev–Trinajstić information content (AvgIpc) is 3.39. The maximum Gasteiger partial charge on any atom is 0.248 e. The Morgan fingerprint density at radius 3 is 2.56 bits per heavy atom. The van der Waals surface area contributed by atoms with Crippen molar-refractivity contribution in [2.24, 2.45) is 5.41 Å². The second-order valence-electron chi connectivity index (χ2n) is 9.99. The van der Waals surface area contributed by atoms with Crippen molar-refractivity contribution in [3.8, 4) is 0 Å². The van der Waals surface area contributed by atoms with Gasteiger partial charge in [-0.05, 0) is 42.4 Å². The molecule has 4 atom stereocenters. The van der Waals surface area contributed by atoms with Crippen LogP contribution in [-0.4, -0.2) is 73.8 Å². The van der Waals surface area contributed by atoms with Crippen LogP contribution in [0.15, 0.2) is 30.5 Å². The summed E-state index contributed by atoms with van der Waals surface area (Å²) in [5.74, 6) is -0.930. The zero-order valence-electron chi connectivity index (χ0n) is 20.1. The fourth-order valence-electron chi connectivity index (χ4n) is 4.37. The first-order chi connectivity index (χ1) is 16.0. The van der Waals surface area contributed by atoms with Crippen molar-refractivity contribution in [1.82, 2.24) is 25.2 Å². The van der Waals surface area contributed by atoms with E-state index in [4.69, 9.17) is 0 Å². The third-order valence-corrected chi connectivity index (χ3v) is 6.11. The van der Waals surface area contributed by atoms with Crippen LogP contribution in [0.25, 0.3) is 0 Å². The summed E-state index contributed by atoms with van der Waals surface area (Å²) in [5, 5.41) is 31.4. The van der Waals surface area contributed by atoms with Crippen LogP contribution in [0.1, 0.15) is 50.9 Å². The number of halogens is 1. The zero-order valence-corrected chi connectivity index (χ0v) is 20.1. The third kappa shape index (κ3) is 6.18. The molecule has 0 bridgehead atoms. The summed E-state index contributed by atoms with van der Waals surface area (Å²) in [7, 11) is 1.51. The molecule has 3 N–H and O–H groups in total. The van der Waals surface area contributed by atoms with Crippen LogP contribution in [0.4, 0.5) is 4.39 Å². The first kappa shape index (κ1) is 25.8. The Hall–Kier alpha value is -2.85. The van der Waals surface area contributed by atoms with Gasteiger partial charge in [0.25, 0.3) is 0 Å². The SMILES string of the molecule is CNC(=O)[C@H]1C[C@H](O)CN1C(=O)[C@@H](n1cc(CCC(O)Cc2ccc(F)cc2)nn1)C(C)(C)C. The second-order valence-corrected chi connectivity index (χ2v) is 9.99. The van der Waals surface area contributed by atoms with E-state index in [2.05, 4.69) is 15.6 Å². The molecule has 1 aliphatic rings. The van der Waals surface area contributed by atoms with Crippen molar-refractivity contribution in [2.75, 3.05) is 13.6 Å². The number of aliphatic hydroxyl groups excluding tert-OH is 2. The summed E-state index contributed by atoms with van der Waals surface area (Å²) in [6.07, 6.45) is 1.78. The molecule has 0 radical (unpaired) electrons. The number of carbonyl (C=O) groups excluding carboxylic acids is 2. The monoisotopic (exact) mass is 475 g/mol. The highest BCUT2D eigenvalue weighted by Crippen LogP contribution is 2.34. The van der Waals surface area contributed by atoms with E-state index >= 15 is 0 Å². The molecule has 1 aromatic heterocycles. The molecule has 1 fully saturated rings. The standard InChI is InChI=1S/C24H34FN5O4/c1-24(2,3)21(23(34)29-14-19(32)12-20(29)22(33)26-4)30-13-17(27-28-30)9-10-18(31)11-15-5-7-16(25)8-6-15/h5-8,13,18-21,31-32H,9-12,14H2,1-4H3,(H,26,33)/t18?,19-,20+,21+/m0/s1. The van der Waals surface area contributed by atoms with Gasteiger partial charge in [0.15, 0.2) is 0 Å². The van der Waals surface area contributed by atoms with Crippen LogP contribution in [0.3, 0.4) is 0 Å². The molecule has 186 valence electrons. The number of nitrogens with one attached hydrogen (secondary N) is 1. The van der Waals surface area contributed by atoms with E-state index in [1.807, 2.05) is 20.8 Å². The molecule has 9 nitrogen and oxygen atoms in total. The smallest absolute Gasteiger partial charge is 0.248 e. The molecule has 3 rings (SSSR count). The number of β-amino-alcohol motifs (C(OH)–C–C–N with tert-alkyl or cyclic N) is 1. The lowest BCUT2D eigenvalue weighted by Gasteiger charge is -2.34. The minimum Gasteiger partial charge on any atom is -0.393 e. The van der Waals surface area contributed by atoms with E-state index < -0.39 is 29.7 Å². The molecule has 2 aromatic rings. The van der Waals surface area contributed by atoms with Crippen LogP contribution >= 0.6 is 0 Å². The van der Waals surface area contributed by atoms with E-state index in [0.29, 0.717) is 25.0 Å². The number of rotatable bonds is 8. The lowest BCUT2D eigenvalue weighted by molar-refractivity contribution is -0.144. The van der Waals surface area contributed by atoms with Gasteiger partial charge in [-0.25, -0.2) is 9.07 Å². The number of aryl methyl sites for hydroxylation is 1. The van der Waals surface area contributed by atoms with Gasteiger partial charge in [0.05, 0.1) is 17.9 Å². The number of nitrogens with zero attached hydrogens (tertiary/aromatic N) is 4. The Morgan fingerprint density at radius 2 is 1.94 bits per heavy atom. The van der Waals surface area contributed by atoms with E-state index in [9.17, 15) is 24.2 Å². The molecule has 1 unspecified atom stereocenters. The van der Waals surface area contributed by atoms with Crippen molar-refractivity contribution >= 4 is 11.8 Å². The van der Waals surface area contributed by atoms with E-state index in [1.54, 1.807) is 18.3 Å². The first-order valence-electron chi connectivity index (χ1n) is 11.5. The van der Waals surface area contributed by atoms with Crippen molar-refractivity contribution in [3.63, 3.8) is 0 Å². The predicted octanol–water partition coefficient (Wildman–Crippen LogP) is 1.25. The van der Waals surface area contributed by atoms with Crippen LogP contribution in [0.5, 0.6) is 0 Å². The van der Waals surface area contributed by atoms with E-state index in [0.717, 1.165) is 5.56 Å². The molecule has 1 aliphatic heterocycles. The zero-order chi connectivity index (χ0) is 25.0. The molecule has 1 saturated heterocycles. The van der Waals surface area contributed by atoms with Crippen LogP contribution in [0, 0.1) is 11.2 Å². The van der Waals surface area contributed by atoms with Crippen molar-refractivity contribution in [3.05, 3.63) is 47.5 Å². The lowest BCUT2D eigenvalue weighted by Crippen LogP contribution is -2.49. The molecular formula is C24H34FN5O4. The first-order valence-corrected chi connectivity index (χ1v) is 11.5. The highest BCUT2D eigenvalue weighted by atomic mass is 19.1. The number of likely N-dealkylation sites (N-methyl/N-ethyl adjacent to an activating group) is 1. The van der Waals surface area contributed by atoms with E-state index in [1.165, 1.54) is 28.8 Å². The Kier molecular flexibility index (Phi) is 8.04. The number of hydrogen-bond donors (Lipinski definition) is 3. The van der Waals surface area contributed by atoms with Crippen LogP contribution in [0.2, 0.25) is 0 Å². The molecule has 1 aromatic carbocycles. The van der Waals surface area contributed by atoms with Gasteiger partial charge >= 0.3 is 0 Å². The van der Waals surface area contributed by atoms with Gasteiger partial charge in [-0.15, -0.1) is 5.10 Å². The molecule has 0 spiro atoms. The molecule has 10 heteroatoms. The topological polar surface area (TPSA) is 121 Å². The minimum atomic E-state index is -0.763. The summed E-state index contributed by atoms with van der Waals surface area (Å²) in [5.41, 5.74) is 0.934. The van der Waals surface area contributed by atoms with Gasteiger partial charge in [-0.2, -0.15) is 0 Å². The highest BCUT2D eigenvalue weighted by molar-refractivity contribution is 5.90. The number of carbonyl (C=O) groups is 2. The van der Waals surface area contributed by atoms with Gasteiger partial charge < -0.3 is 20.4 Å². The van der Waals surface area contributed by atoms with E-state index in [-0.39, 0.29) is 30.6 Å². The minimum absolute atomic E-state index is 0.0840. The third-order valence-electron chi connectivity index (χ3n) is 6.11. The maximum absolute atomic E-state index is 13.6. The Balaban J connectivity index is 1.70. The predicted molar refractivity (Wildman–Crippen MR) is 123 cm³/mol. The Bertz CT molecular complexity index is 988. The number of aromatic nitrogens is 3. The Labute approximate surface area is 199 Å². The number of amides is 2. The molecule has 2 amide bonds. The summed E-state index contributed by atoms with van der Waals surface area (Å²) in [4.78, 5) is 27.3. The number of benzene rings is 1. The number of likely N-dealkylation sites (tertiary alicyclic amines) is 1. The summed E-state index contributed by atoms with van der Waals surface area (Å²) >= 11 is 0. The number of aliphatic hydroxyl groups is 2. The van der Waals surface area contributed by atoms with Gasteiger partial charge in [0.2, 0.25) is 11.8 Å². The normalized spacial score (nSPS) is 20.3. The molecule has 0 aliphatic carbocycles. The summed E-state index contributed by atoms with van der Waals surface area (Å²) in [6, 6.07) is 4.57. The Morgan fingerprint density at radius 1 is 1.26 bits per heavy atom. The average molecular weight is 476 g/mol. The van der Waals surface area contributed by atoms with Crippen LogP contribution < -0.4 is 5.32 Å². The van der Waals surface area contributed by atoms with Gasteiger partial charge in [-0.1, -0.05) is 38.1 Å². The highest BCUT2D eigenvalue weighted by Gasteiger charge is 2.44. The summed E-state index contributed by atoms with van der Waals surface area (Å²) < 4.78 is 14.6. The molecule has 2 heterocycles. The molecule has 34 heavy (non-hydrogen) atoms. The molecule has 0 saturated carbocycles. The largest absolute Gasteiger partial charge is 0.393 e. The fourth-order valence-corrected chi connectivity index (χ4v) is 4.37. The van der Waals surface area contributed by atoms with Crippen LogP contribution in [-0.2, 0) is 22.4 Å². The van der Waals surface area contributed by atoms with Gasteiger partial charge in [0, 0.05) is 26.2 Å². The molecular weight excluding hydrogens is 441 g/mol. The lowest BCUT2D eigenvalue weighted by atomic mass is 9.85. The van der Waals surface area contributed by atoms with Crippen molar-refractivity contribution in [1.29, 1.82) is 0 Å². The van der Waals surface area contributed by atoms with Crippen molar-refractivity contribution in [2.45, 2.75) is 70.7 Å².